The third-order valence-electron chi connectivity index (χ3n) is 2.35. The summed E-state index contributed by atoms with van der Waals surface area (Å²) in [5, 5.41) is 0. The number of H-pyrrole nitrogens is 1. The Balaban J connectivity index is 2.95. The molecule has 0 saturated carbocycles. The van der Waals surface area contributed by atoms with Crippen molar-refractivity contribution in [3.63, 3.8) is 0 Å². The van der Waals surface area contributed by atoms with E-state index in [4.69, 9.17) is 12.2 Å². The van der Waals surface area contributed by atoms with Gasteiger partial charge < -0.3 is 4.98 Å². The minimum atomic E-state index is 0.0345. The molecule has 1 rings (SSSR count). The first-order valence-electron chi connectivity index (χ1n) is 6.08. The molecule has 1 N–H and O–H groups in total. The number of hydrogen-bond acceptors (Lipinski definition) is 3. The number of rotatable bonds is 4. The Hall–Kier alpha value is 0.130. The van der Waals surface area contributed by atoms with Crippen molar-refractivity contribution in [2.75, 3.05) is 5.75 Å². The van der Waals surface area contributed by atoms with Gasteiger partial charge in [-0.15, -0.1) is 0 Å². The van der Waals surface area contributed by atoms with Crippen LogP contribution in [0.5, 0.6) is 0 Å². The van der Waals surface area contributed by atoms with Crippen LogP contribution in [0, 0.1) is 10.6 Å². The molecule has 0 radical (unpaired) electrons. The van der Waals surface area contributed by atoms with Crippen LogP contribution in [0.2, 0.25) is 0 Å². The monoisotopic (exact) mass is 348 g/mol. The molecule has 0 aromatic carbocycles. The number of nitrogens with one attached hydrogen (secondary N) is 1. The summed E-state index contributed by atoms with van der Waals surface area (Å²) in [5.41, 5.74) is 1.16. The quantitative estimate of drug-likeness (QED) is 0.768. The Morgan fingerprint density at radius 1 is 1.39 bits per heavy atom. The average Bonchev–Trinajstić information content (AvgIpc) is 2.20. The lowest BCUT2D eigenvalue weighted by Crippen LogP contribution is -2.16. The molecule has 0 unspecified atom stereocenters. The second-order valence-corrected chi connectivity index (χ2v) is 8.05. The van der Waals surface area contributed by atoms with E-state index in [9.17, 15) is 0 Å². The van der Waals surface area contributed by atoms with E-state index in [0.29, 0.717) is 10.6 Å². The number of nitrogens with zero attached hydrogens (tertiary/aromatic N) is 1. The fourth-order valence-corrected chi connectivity index (χ4v) is 3.40. The van der Waals surface area contributed by atoms with Crippen LogP contribution in [0.15, 0.2) is 4.47 Å². The van der Waals surface area contributed by atoms with E-state index in [1.165, 1.54) is 0 Å². The molecule has 0 spiro atoms. The summed E-state index contributed by atoms with van der Waals surface area (Å²) in [6.07, 6.45) is 0. The largest absolute Gasteiger partial charge is 0.345 e. The van der Waals surface area contributed by atoms with Crippen molar-refractivity contribution in [2.45, 2.75) is 45.8 Å². The highest BCUT2D eigenvalue weighted by Gasteiger charge is 2.20. The van der Waals surface area contributed by atoms with Crippen LogP contribution in [0.3, 0.4) is 0 Å². The molecular formula is C13H21BrN2S2. The fraction of sp³-hybridized carbons (Fsp3) is 0.692. The second-order valence-electron chi connectivity index (χ2n) is 5.84. The van der Waals surface area contributed by atoms with Crippen molar-refractivity contribution < 1.29 is 0 Å². The highest BCUT2D eigenvalue weighted by atomic mass is 79.9. The average molecular weight is 349 g/mol. The second kappa shape index (κ2) is 6.53. The first-order chi connectivity index (χ1) is 8.21. The van der Waals surface area contributed by atoms with E-state index >= 15 is 0 Å². The minimum Gasteiger partial charge on any atom is -0.345 e. The van der Waals surface area contributed by atoms with E-state index in [1.807, 2.05) is 11.8 Å². The number of aromatic amines is 1. The highest BCUT2D eigenvalue weighted by molar-refractivity contribution is 9.10. The first kappa shape index (κ1) is 16.2. The highest BCUT2D eigenvalue weighted by Crippen LogP contribution is 2.28. The van der Waals surface area contributed by atoms with Crippen LogP contribution in [0.25, 0.3) is 0 Å². The SMILES string of the molecule is CC(C)CSCc1nc(=S)c(Br)c(C(C)(C)C)[nH]1. The summed E-state index contributed by atoms with van der Waals surface area (Å²) < 4.78 is 1.57. The van der Waals surface area contributed by atoms with Gasteiger partial charge in [-0.25, -0.2) is 4.98 Å². The van der Waals surface area contributed by atoms with Gasteiger partial charge in [0.25, 0.3) is 0 Å². The normalized spacial score (nSPS) is 12.2. The summed E-state index contributed by atoms with van der Waals surface area (Å²) in [6, 6.07) is 0. The van der Waals surface area contributed by atoms with Gasteiger partial charge in [-0.2, -0.15) is 11.8 Å². The Kier molecular flexibility index (Phi) is 5.87. The summed E-state index contributed by atoms with van der Waals surface area (Å²) in [6.45, 7) is 11.0. The molecule has 1 aromatic rings. The van der Waals surface area contributed by atoms with Crippen molar-refractivity contribution in [3.05, 3.63) is 20.6 Å². The molecule has 1 heterocycles. The third-order valence-corrected chi connectivity index (χ3v) is 5.06. The summed E-state index contributed by atoms with van der Waals surface area (Å²) in [7, 11) is 0. The molecule has 0 aliphatic heterocycles. The third kappa shape index (κ3) is 4.67. The van der Waals surface area contributed by atoms with Gasteiger partial charge >= 0.3 is 0 Å². The molecule has 0 atom stereocenters. The minimum absolute atomic E-state index is 0.0345. The van der Waals surface area contributed by atoms with Crippen molar-refractivity contribution in [1.29, 1.82) is 0 Å². The van der Waals surface area contributed by atoms with Crippen LogP contribution in [0.1, 0.15) is 46.1 Å². The van der Waals surface area contributed by atoms with Crippen molar-refractivity contribution in [3.8, 4) is 0 Å². The molecule has 0 saturated heterocycles. The Bertz CT molecular complexity index is 461. The van der Waals surface area contributed by atoms with Crippen molar-refractivity contribution in [1.82, 2.24) is 9.97 Å². The molecule has 0 aliphatic carbocycles. The van der Waals surface area contributed by atoms with Crippen LogP contribution in [0.4, 0.5) is 0 Å². The lowest BCUT2D eigenvalue weighted by molar-refractivity contribution is 0.559. The molecule has 1 aromatic heterocycles. The van der Waals surface area contributed by atoms with Crippen LogP contribution >= 0.6 is 39.9 Å². The van der Waals surface area contributed by atoms with Gasteiger partial charge in [-0.05, 0) is 27.6 Å². The molecular weight excluding hydrogens is 328 g/mol. The van der Waals surface area contributed by atoms with E-state index < -0.39 is 0 Å². The number of halogens is 1. The Labute approximate surface area is 128 Å². The zero-order chi connectivity index (χ0) is 13.9. The molecule has 102 valence electrons. The molecule has 18 heavy (non-hydrogen) atoms. The Morgan fingerprint density at radius 3 is 2.50 bits per heavy atom. The molecule has 0 amide bonds. The van der Waals surface area contributed by atoms with Crippen molar-refractivity contribution >= 4 is 39.9 Å². The van der Waals surface area contributed by atoms with Gasteiger partial charge in [-0.3, -0.25) is 0 Å². The summed E-state index contributed by atoms with van der Waals surface area (Å²) in [4.78, 5) is 7.86. The lowest BCUT2D eigenvalue weighted by Gasteiger charge is -2.21. The number of thioether (sulfide) groups is 1. The molecule has 0 fully saturated rings. The first-order valence-corrected chi connectivity index (χ1v) is 8.44. The standard InChI is InChI=1S/C13H21BrN2S2/c1-8(2)6-18-7-9-15-11(13(3,4)5)10(14)12(17)16-9/h8H,6-7H2,1-5H3,(H,15,16,17). The smallest absolute Gasteiger partial charge is 0.144 e. The zero-order valence-corrected chi connectivity index (χ0v) is 14.9. The van der Waals surface area contributed by atoms with Gasteiger partial charge in [0.2, 0.25) is 0 Å². The van der Waals surface area contributed by atoms with Gasteiger partial charge in [0, 0.05) is 11.1 Å². The number of hydrogen-bond donors (Lipinski definition) is 1. The maximum Gasteiger partial charge on any atom is 0.144 e. The van der Waals surface area contributed by atoms with Crippen LogP contribution in [-0.2, 0) is 11.2 Å². The lowest BCUT2D eigenvalue weighted by atomic mass is 9.92. The predicted octanol–water partition coefficient (Wildman–Crippen LogP) is 5.09. The van der Waals surface area contributed by atoms with Gasteiger partial charge in [0.05, 0.1) is 10.2 Å². The van der Waals surface area contributed by atoms with Gasteiger partial charge in [0.15, 0.2) is 0 Å². The van der Waals surface area contributed by atoms with Crippen LogP contribution in [-0.4, -0.2) is 15.7 Å². The summed E-state index contributed by atoms with van der Waals surface area (Å²) >= 11 is 10.7. The predicted molar refractivity (Wildman–Crippen MR) is 86.8 cm³/mol. The molecule has 0 bridgehead atoms. The van der Waals surface area contributed by atoms with E-state index in [-0.39, 0.29) is 5.41 Å². The van der Waals surface area contributed by atoms with Gasteiger partial charge in [-0.1, -0.05) is 46.8 Å². The fourth-order valence-electron chi connectivity index (χ4n) is 1.48. The van der Waals surface area contributed by atoms with Crippen molar-refractivity contribution in [2.24, 2.45) is 5.92 Å². The van der Waals surface area contributed by atoms with Crippen LogP contribution < -0.4 is 0 Å². The van der Waals surface area contributed by atoms with Gasteiger partial charge in [0.1, 0.15) is 10.5 Å². The molecule has 5 heteroatoms. The van der Waals surface area contributed by atoms with E-state index in [2.05, 4.69) is 60.5 Å². The maximum atomic E-state index is 5.31. The topological polar surface area (TPSA) is 28.7 Å². The number of aromatic nitrogens is 2. The molecule has 2 nitrogen and oxygen atoms in total. The molecule has 0 aliphatic rings. The zero-order valence-electron chi connectivity index (χ0n) is 11.6. The Morgan fingerprint density at radius 2 is 2.00 bits per heavy atom. The van der Waals surface area contributed by atoms with E-state index in [0.717, 1.165) is 27.5 Å². The summed E-state index contributed by atoms with van der Waals surface area (Å²) in [5.74, 6) is 3.70. The van der Waals surface area contributed by atoms with E-state index in [1.54, 1.807) is 0 Å². The maximum absolute atomic E-state index is 5.31.